The maximum Gasteiger partial charge on any atom is 2.00 e. The van der Waals surface area contributed by atoms with Crippen LogP contribution in [0.3, 0.4) is 0 Å². The predicted molar refractivity (Wildman–Crippen MR) is 294 cm³/mol. The van der Waals surface area contributed by atoms with E-state index in [-0.39, 0.29) is 96.6 Å². The van der Waals surface area contributed by atoms with Crippen LogP contribution < -0.4 is 123 Å². The van der Waals surface area contributed by atoms with Crippen LogP contribution in [0.15, 0.2) is 187 Å². The smallest absolute Gasteiger partial charge is 1.00 e. The zero-order chi connectivity index (χ0) is 50.5. The number of rotatable bonds is 14. The number of hydrogen-bond acceptors (Lipinski definition) is 10. The van der Waals surface area contributed by atoms with Gasteiger partial charge in [-0.3, -0.25) is 5.04 Å². The third kappa shape index (κ3) is 24.6. The largest absolute Gasteiger partial charge is 2.00 e. The van der Waals surface area contributed by atoms with E-state index < -0.39 is 13.9 Å². The summed E-state index contributed by atoms with van der Waals surface area (Å²) < 4.78 is 36.9. The van der Waals surface area contributed by atoms with Gasteiger partial charge in [0, 0.05) is 23.1 Å². The molecule has 9 nitrogen and oxygen atoms in total. The van der Waals surface area contributed by atoms with Gasteiger partial charge in [0.2, 0.25) is 0 Å². The van der Waals surface area contributed by atoms with E-state index in [1.54, 1.807) is 54.8 Å². The van der Waals surface area contributed by atoms with Crippen LogP contribution in [0.4, 0.5) is 0 Å². The Morgan fingerprint density at radius 3 is 1.32 bits per heavy atom. The van der Waals surface area contributed by atoms with E-state index in [1.807, 2.05) is 109 Å². The van der Waals surface area contributed by atoms with Crippen LogP contribution in [-0.4, -0.2) is 65.7 Å². The van der Waals surface area contributed by atoms with E-state index in [1.165, 1.54) is 21.5 Å². The van der Waals surface area contributed by atoms with Gasteiger partial charge in [0.15, 0.2) is 5.98 Å². The molecule has 0 aliphatic carbocycles. The number of hydrogen-bond donors (Lipinski definition) is 0. The second kappa shape index (κ2) is 43.4. The van der Waals surface area contributed by atoms with Crippen molar-refractivity contribution in [1.82, 2.24) is 0 Å². The molecule has 20 heteroatoms. The molecular weight excluding hydrogens is 1130 g/mol. The Morgan fingerprint density at radius 2 is 0.880 bits per heavy atom. The zero-order valence-corrected chi connectivity index (χ0v) is 51.4. The molecule has 0 heterocycles. The van der Waals surface area contributed by atoms with E-state index in [0.717, 1.165) is 68.8 Å². The Bertz CT molecular complexity index is 2690. The molecule has 1 atom stereocenters. The molecule has 1 unspecified atom stereocenters. The van der Waals surface area contributed by atoms with E-state index in [4.69, 9.17) is 62.1 Å². The van der Waals surface area contributed by atoms with Crippen molar-refractivity contribution in [3.8, 4) is 56.8 Å². The molecule has 0 N–H and O–H groups in total. The van der Waals surface area contributed by atoms with Crippen molar-refractivity contribution in [1.29, 1.82) is 0 Å². The summed E-state index contributed by atoms with van der Waals surface area (Å²) in [4.78, 5) is 0.707. The van der Waals surface area contributed by atoms with Crippen molar-refractivity contribution in [2.45, 2.75) is 11.8 Å². The first-order valence-corrected chi connectivity index (χ1v) is 27.1. The topological polar surface area (TPSA) is 96.9 Å². The van der Waals surface area contributed by atoms with Crippen LogP contribution >= 0.6 is 59.7 Å². The molecule has 75 heavy (non-hydrogen) atoms. The molecule has 0 saturated carbocycles. The Hall–Kier alpha value is -2.44. The molecule has 0 spiro atoms. The summed E-state index contributed by atoms with van der Waals surface area (Å²) in [6.45, 7) is 2.17. The van der Waals surface area contributed by atoms with E-state index in [0.29, 0.717) is 4.90 Å². The van der Waals surface area contributed by atoms with Gasteiger partial charge in [-0.15, -0.1) is 48.0 Å². The molecule has 0 saturated heterocycles. The molecule has 374 valence electrons. The van der Waals surface area contributed by atoms with Gasteiger partial charge in [-0.05, 0) is 72.5 Å². The molecule has 0 amide bonds. The molecule has 8 aromatic carbocycles. The van der Waals surface area contributed by atoms with Gasteiger partial charge in [0.25, 0.3) is 0 Å². The summed E-state index contributed by atoms with van der Waals surface area (Å²) >= 11 is 15.4. The van der Waals surface area contributed by atoms with Gasteiger partial charge < -0.3 is 50.7 Å². The van der Waals surface area contributed by atoms with Gasteiger partial charge in [-0.2, -0.15) is 52.9 Å². The summed E-state index contributed by atoms with van der Waals surface area (Å²) in [6, 6.07) is 68.4. The number of halogens is 4. The normalized spacial score (nSPS) is 9.76. The van der Waals surface area contributed by atoms with E-state index >= 15 is 0 Å². The Balaban J connectivity index is 0. The minimum atomic E-state index is -1.20. The second-order valence-electron chi connectivity index (χ2n) is 13.7. The van der Waals surface area contributed by atoms with Crippen molar-refractivity contribution in [3.05, 3.63) is 206 Å². The number of aryl methyl sites for hydroxylation is 1. The van der Waals surface area contributed by atoms with Gasteiger partial charge >= 0.3 is 79.6 Å². The average Bonchev–Trinajstić information content (AvgIpc) is 3.41. The van der Waals surface area contributed by atoms with Gasteiger partial charge in [-0.1, -0.05) is 117 Å². The first-order chi connectivity index (χ1) is 34.1. The van der Waals surface area contributed by atoms with Crippen molar-refractivity contribution in [2.24, 2.45) is 0 Å². The van der Waals surface area contributed by atoms with Crippen LogP contribution in [0.1, 0.15) is 5.56 Å². The third-order valence-electron chi connectivity index (χ3n) is 9.66. The van der Waals surface area contributed by atoms with E-state index in [9.17, 15) is 5.26 Å². The van der Waals surface area contributed by atoms with E-state index in [2.05, 4.69) is 95.2 Å². The van der Waals surface area contributed by atoms with Crippen LogP contribution in [-0.2, 0) is 9.37 Å². The molecule has 0 bridgehead atoms. The van der Waals surface area contributed by atoms with Crippen LogP contribution in [0.25, 0.3) is 22.3 Å². The first kappa shape index (κ1) is 74.6. The molecule has 0 fully saturated rings. The van der Waals surface area contributed by atoms with Crippen molar-refractivity contribution in [2.75, 3.05) is 42.7 Å². The second-order valence-corrected chi connectivity index (χ2v) is 21.6. The number of ether oxygens (including phenoxy) is 6. The minimum Gasteiger partial charge on any atom is -1.00 e. The van der Waals surface area contributed by atoms with Crippen LogP contribution in [0.2, 0.25) is 0 Å². The summed E-state index contributed by atoms with van der Waals surface area (Å²) in [7, 11) is 9.16. The first-order valence-electron chi connectivity index (χ1n) is 21.0. The van der Waals surface area contributed by atoms with Gasteiger partial charge in [0.05, 0.1) is 59.7 Å². The fourth-order valence-corrected chi connectivity index (χ4v) is 9.74. The molecule has 0 aliphatic rings. The average molecular weight is 1180 g/mol. The molecular formula is C55H51BrCl3Li3MgO9P2S. The van der Waals surface area contributed by atoms with Crippen LogP contribution in [0.5, 0.6) is 34.5 Å². The Kier molecular flexibility index (Phi) is 43.2. The van der Waals surface area contributed by atoms with Crippen molar-refractivity contribution >= 4 is 98.6 Å². The Morgan fingerprint density at radius 1 is 0.453 bits per heavy atom. The number of para-hydroxylation sites is 2. The Labute approximate surface area is 526 Å². The third-order valence-corrected chi connectivity index (χ3v) is 12.9. The van der Waals surface area contributed by atoms with Crippen molar-refractivity contribution < 1.29 is 117 Å². The SMILES string of the molecule is COc1[c-]cccc1.COc1cccc(OC)c1-c1[c-]cccc1.COc1ccccc1P(c1ccccc1C)c1ccccc1-c1c(OC)cccc1OC.ClP(Cl)Cl.[Br-].[Li+].[Li+].[Li+].[Mg+2].[O-]OOSc1[c-]cccc1. The zero-order valence-electron chi connectivity index (χ0n) is 43.5. The fourth-order valence-electron chi connectivity index (χ4n) is 6.66. The van der Waals surface area contributed by atoms with Gasteiger partial charge in [0.1, 0.15) is 17.2 Å². The van der Waals surface area contributed by atoms with Crippen molar-refractivity contribution in [3.63, 3.8) is 0 Å². The maximum absolute atomic E-state index is 9.35. The monoisotopic (exact) mass is 1180 g/mol. The molecule has 0 aliphatic heterocycles. The molecule has 8 rings (SSSR count). The number of benzene rings is 8. The van der Waals surface area contributed by atoms with Gasteiger partial charge in [-0.25, -0.2) is 0 Å². The number of methoxy groups -OCH3 is 6. The predicted octanol–water partition coefficient (Wildman–Crippen LogP) is 1.39. The summed E-state index contributed by atoms with van der Waals surface area (Å²) in [5, 5.41) is 16.2. The van der Waals surface area contributed by atoms with Crippen LogP contribution in [0, 0.1) is 25.1 Å². The summed E-state index contributed by atoms with van der Waals surface area (Å²) in [5.74, 6) is 3.64. The fraction of sp³-hybridized carbons (Fsp3) is 0.127. The standard InChI is InChI=1S/C28H27O3P.C14H13O2.C7H7O.C6H5O3S.BrH.Cl3P.3Li.Mg/c1-20-12-5-8-17-25(20)32(27-19-10-7-14-22(27)29-2)26-18-9-6-13-21(26)28-23(30-3)15-11-16-24(28)31-4;1-15-12-9-6-10-13(16-2)14(12)11-7-4-3-5-8-11;1-8-7-5-3-2-4-6-7;7-8-9-10-6-4-2-1-3-5-6;;1-4(2)3;;;;/h5-19H,1-4H3;3-7,9-10H,1-2H3;2-5H,1H3;1-4,7H;1H;;;;;/q;3*-1;;;3*+1;+2/p-2. The minimum absolute atomic E-state index is 0. The maximum atomic E-state index is 9.35. The molecule has 0 radical (unpaired) electrons. The molecule has 8 aromatic rings. The summed E-state index contributed by atoms with van der Waals surface area (Å²) in [6.07, 6.45) is 0. The quantitative estimate of drug-likeness (QED) is 0.0398. The summed E-state index contributed by atoms with van der Waals surface area (Å²) in [5.41, 5.74) is 5.22. The molecule has 0 aromatic heterocycles.